The Morgan fingerprint density at radius 3 is 2.52 bits per heavy atom. The van der Waals surface area contributed by atoms with Gasteiger partial charge in [0.25, 0.3) is 0 Å². The summed E-state index contributed by atoms with van der Waals surface area (Å²) >= 11 is 12.5. The molecule has 0 aliphatic rings. The highest BCUT2D eigenvalue weighted by atomic mass is 35.5. The van der Waals surface area contributed by atoms with Crippen LogP contribution in [-0.4, -0.2) is 11.6 Å². The van der Waals surface area contributed by atoms with Gasteiger partial charge in [-0.25, -0.2) is 4.39 Å². The first-order chi connectivity index (χ1) is 14.1. The Kier molecular flexibility index (Phi) is 7.69. The fourth-order valence-corrected chi connectivity index (χ4v) is 3.18. The molecule has 3 aromatic rings. The van der Waals surface area contributed by atoms with Crippen molar-refractivity contribution in [1.29, 1.82) is 0 Å². The predicted molar refractivity (Wildman–Crippen MR) is 113 cm³/mol. The maximum Gasteiger partial charge on any atom is 0.163 e. The molecule has 152 valence electrons. The van der Waals surface area contributed by atoms with Crippen LogP contribution >= 0.6 is 23.2 Å². The van der Waals surface area contributed by atoms with Crippen molar-refractivity contribution in [2.45, 2.75) is 26.6 Å². The normalized spacial score (nSPS) is 10.8. The molecular formula is C22H21Cl2FN2O2. The molecule has 0 aliphatic carbocycles. The molecular weight excluding hydrogens is 414 g/mol. The molecule has 1 N–H and O–H groups in total. The molecule has 4 nitrogen and oxygen atoms in total. The van der Waals surface area contributed by atoms with Gasteiger partial charge in [0.1, 0.15) is 12.4 Å². The lowest BCUT2D eigenvalue weighted by Crippen LogP contribution is -2.14. The average molecular weight is 435 g/mol. The highest BCUT2D eigenvalue weighted by molar-refractivity contribution is 6.31. The zero-order chi connectivity index (χ0) is 20.6. The zero-order valence-corrected chi connectivity index (χ0v) is 17.4. The van der Waals surface area contributed by atoms with E-state index in [9.17, 15) is 4.39 Å². The minimum atomic E-state index is -0.420. The number of halogens is 3. The second-order valence-electron chi connectivity index (χ2n) is 6.24. The summed E-state index contributed by atoms with van der Waals surface area (Å²) in [6.07, 6.45) is 1.76. The van der Waals surface area contributed by atoms with E-state index in [1.807, 2.05) is 31.2 Å². The van der Waals surface area contributed by atoms with Gasteiger partial charge >= 0.3 is 0 Å². The number of ether oxygens (including phenoxy) is 2. The molecule has 0 saturated heterocycles. The third-order valence-electron chi connectivity index (χ3n) is 4.19. The first kappa shape index (κ1) is 21.4. The third-order valence-corrected chi connectivity index (χ3v) is 4.90. The quantitative estimate of drug-likeness (QED) is 0.462. The highest BCUT2D eigenvalue weighted by Gasteiger charge is 2.14. The Balaban J connectivity index is 1.71. The lowest BCUT2D eigenvalue weighted by Gasteiger charge is -2.16. The number of nitrogens with one attached hydrogen (secondary N) is 1. The summed E-state index contributed by atoms with van der Waals surface area (Å²) in [6, 6.07) is 13.8. The van der Waals surface area contributed by atoms with Crippen LogP contribution in [-0.2, 0) is 19.7 Å². The van der Waals surface area contributed by atoms with Gasteiger partial charge in [-0.05, 0) is 42.8 Å². The van der Waals surface area contributed by atoms with Crippen molar-refractivity contribution in [2.24, 2.45) is 0 Å². The Morgan fingerprint density at radius 1 is 0.966 bits per heavy atom. The van der Waals surface area contributed by atoms with E-state index in [1.54, 1.807) is 24.4 Å². The van der Waals surface area contributed by atoms with Crippen molar-refractivity contribution in [3.8, 4) is 11.5 Å². The van der Waals surface area contributed by atoms with Crippen LogP contribution in [0.1, 0.15) is 23.7 Å². The van der Waals surface area contributed by atoms with Crippen molar-refractivity contribution in [3.05, 3.63) is 87.4 Å². The van der Waals surface area contributed by atoms with E-state index in [-0.39, 0.29) is 12.2 Å². The molecule has 29 heavy (non-hydrogen) atoms. The SMILES string of the molecule is CCOc1cc(CNCc2ccccn2)c(Cl)cc1OCc1c(F)cccc1Cl. The maximum absolute atomic E-state index is 14.0. The minimum Gasteiger partial charge on any atom is -0.490 e. The monoisotopic (exact) mass is 434 g/mol. The Bertz CT molecular complexity index is 935. The van der Waals surface area contributed by atoms with Crippen molar-refractivity contribution < 1.29 is 13.9 Å². The fraction of sp³-hybridized carbons (Fsp3) is 0.227. The van der Waals surface area contributed by atoms with Gasteiger partial charge in [0.15, 0.2) is 11.5 Å². The van der Waals surface area contributed by atoms with Gasteiger partial charge in [0.05, 0.1) is 17.3 Å². The number of rotatable bonds is 9. The summed E-state index contributed by atoms with van der Waals surface area (Å²) < 4.78 is 25.5. The van der Waals surface area contributed by atoms with Crippen molar-refractivity contribution in [2.75, 3.05) is 6.61 Å². The molecule has 0 fully saturated rings. The van der Waals surface area contributed by atoms with E-state index in [0.29, 0.717) is 41.2 Å². The fourth-order valence-electron chi connectivity index (χ4n) is 2.74. The predicted octanol–water partition coefficient (Wildman–Crippen LogP) is 5.80. The molecule has 7 heteroatoms. The smallest absolute Gasteiger partial charge is 0.163 e. The molecule has 2 aromatic carbocycles. The van der Waals surface area contributed by atoms with Crippen LogP contribution in [0.5, 0.6) is 11.5 Å². The molecule has 0 unspecified atom stereocenters. The van der Waals surface area contributed by atoms with E-state index >= 15 is 0 Å². The average Bonchev–Trinajstić information content (AvgIpc) is 2.71. The first-order valence-corrected chi connectivity index (χ1v) is 9.95. The number of benzene rings is 2. The Labute approximate surface area is 179 Å². The molecule has 0 saturated carbocycles. The summed E-state index contributed by atoms with van der Waals surface area (Å²) in [5.74, 6) is 0.556. The van der Waals surface area contributed by atoms with Gasteiger partial charge in [-0.1, -0.05) is 35.3 Å². The Morgan fingerprint density at radius 2 is 1.79 bits per heavy atom. The standard InChI is InChI=1S/C22H21Cl2FN2O2/c1-2-28-21-10-15(12-26-13-16-6-3-4-9-27-16)19(24)11-22(21)29-14-17-18(23)7-5-8-20(17)25/h3-11,26H,2,12-14H2,1H3. The molecule has 0 amide bonds. The summed E-state index contributed by atoms with van der Waals surface area (Å²) in [5, 5.41) is 4.14. The van der Waals surface area contributed by atoms with E-state index in [2.05, 4.69) is 10.3 Å². The lowest BCUT2D eigenvalue weighted by atomic mass is 10.2. The van der Waals surface area contributed by atoms with E-state index in [4.69, 9.17) is 32.7 Å². The van der Waals surface area contributed by atoms with Crippen LogP contribution in [0.2, 0.25) is 10.0 Å². The lowest BCUT2D eigenvalue weighted by molar-refractivity contribution is 0.265. The van der Waals surface area contributed by atoms with Crippen LogP contribution in [0.4, 0.5) is 4.39 Å². The van der Waals surface area contributed by atoms with E-state index in [1.165, 1.54) is 6.07 Å². The topological polar surface area (TPSA) is 43.4 Å². The van der Waals surface area contributed by atoms with Crippen molar-refractivity contribution >= 4 is 23.2 Å². The van der Waals surface area contributed by atoms with E-state index < -0.39 is 5.82 Å². The second-order valence-corrected chi connectivity index (χ2v) is 7.05. The molecule has 1 aromatic heterocycles. The summed E-state index contributed by atoms with van der Waals surface area (Å²) in [7, 11) is 0. The van der Waals surface area contributed by atoms with Crippen LogP contribution in [0.3, 0.4) is 0 Å². The molecule has 0 radical (unpaired) electrons. The summed E-state index contributed by atoms with van der Waals surface area (Å²) in [5.41, 5.74) is 2.09. The largest absolute Gasteiger partial charge is 0.490 e. The first-order valence-electron chi connectivity index (χ1n) is 9.20. The summed E-state index contributed by atoms with van der Waals surface area (Å²) in [6.45, 7) is 3.46. The number of pyridine rings is 1. The second kappa shape index (κ2) is 10.4. The van der Waals surface area contributed by atoms with Gasteiger partial charge in [-0.3, -0.25) is 4.98 Å². The van der Waals surface area contributed by atoms with Crippen LogP contribution in [0.15, 0.2) is 54.7 Å². The molecule has 0 bridgehead atoms. The maximum atomic E-state index is 14.0. The Hall–Kier alpha value is -2.34. The third kappa shape index (κ3) is 5.82. The van der Waals surface area contributed by atoms with Gasteiger partial charge in [0, 0.05) is 35.9 Å². The molecule has 0 aliphatic heterocycles. The zero-order valence-electron chi connectivity index (χ0n) is 15.9. The highest BCUT2D eigenvalue weighted by Crippen LogP contribution is 2.35. The molecule has 0 atom stereocenters. The van der Waals surface area contributed by atoms with Crippen molar-refractivity contribution in [3.63, 3.8) is 0 Å². The minimum absolute atomic E-state index is 0.0286. The number of nitrogens with zero attached hydrogens (tertiary/aromatic N) is 1. The molecule has 1 heterocycles. The van der Waals surface area contributed by atoms with Gasteiger partial charge < -0.3 is 14.8 Å². The molecule has 0 spiro atoms. The van der Waals surface area contributed by atoms with Gasteiger partial charge in [0.2, 0.25) is 0 Å². The number of hydrogen-bond donors (Lipinski definition) is 1. The van der Waals surface area contributed by atoms with Crippen LogP contribution < -0.4 is 14.8 Å². The van der Waals surface area contributed by atoms with E-state index in [0.717, 1.165) is 11.3 Å². The molecule has 3 rings (SSSR count). The van der Waals surface area contributed by atoms with Crippen molar-refractivity contribution in [1.82, 2.24) is 10.3 Å². The van der Waals surface area contributed by atoms with Gasteiger partial charge in [-0.2, -0.15) is 0 Å². The van der Waals surface area contributed by atoms with Gasteiger partial charge in [-0.15, -0.1) is 0 Å². The number of hydrogen-bond acceptors (Lipinski definition) is 4. The van der Waals surface area contributed by atoms with Crippen LogP contribution in [0.25, 0.3) is 0 Å². The number of aromatic nitrogens is 1. The summed E-state index contributed by atoms with van der Waals surface area (Å²) in [4.78, 5) is 4.28. The van der Waals surface area contributed by atoms with Crippen LogP contribution in [0, 0.1) is 5.82 Å².